The van der Waals surface area contributed by atoms with Gasteiger partial charge in [0, 0.05) is 12.7 Å². The summed E-state index contributed by atoms with van der Waals surface area (Å²) in [5, 5.41) is 8.97. The lowest BCUT2D eigenvalue weighted by Gasteiger charge is -2.27. The zero-order chi connectivity index (χ0) is 26.6. The Balaban J connectivity index is 1.49. The molecular weight excluding hydrogens is 492 g/mol. The average molecular weight is 525 g/mol. The molecular formula is C29H32O7S. The molecule has 196 valence electrons. The SMILES string of the molecule is Cc1cc(OCCCS(C)(=O)=O)cc(C)c1-c1cccc(C2COc3ccc(CCC(=O)O)cc3O2)c1. The Morgan fingerprint density at radius 2 is 1.81 bits per heavy atom. The molecule has 3 aromatic carbocycles. The number of rotatable bonds is 10. The van der Waals surface area contributed by atoms with Crippen molar-refractivity contribution in [3.05, 3.63) is 76.9 Å². The molecule has 8 heteroatoms. The molecule has 0 spiro atoms. The predicted molar refractivity (Wildman–Crippen MR) is 142 cm³/mol. The maximum atomic E-state index is 11.3. The van der Waals surface area contributed by atoms with Gasteiger partial charge in [0.1, 0.15) is 22.2 Å². The second-order valence-corrected chi connectivity index (χ2v) is 11.7. The summed E-state index contributed by atoms with van der Waals surface area (Å²) < 4.78 is 40.7. The zero-order valence-electron chi connectivity index (χ0n) is 21.3. The van der Waals surface area contributed by atoms with Crippen molar-refractivity contribution < 1.29 is 32.5 Å². The highest BCUT2D eigenvalue weighted by Gasteiger charge is 2.24. The van der Waals surface area contributed by atoms with Crippen molar-refractivity contribution in [1.29, 1.82) is 0 Å². The van der Waals surface area contributed by atoms with E-state index in [9.17, 15) is 13.2 Å². The number of carboxylic acids is 1. The van der Waals surface area contributed by atoms with E-state index in [2.05, 4.69) is 12.1 Å². The van der Waals surface area contributed by atoms with Crippen molar-refractivity contribution >= 4 is 15.8 Å². The molecule has 0 bridgehead atoms. The number of aliphatic carboxylic acids is 1. The summed E-state index contributed by atoms with van der Waals surface area (Å²) >= 11 is 0. The minimum atomic E-state index is -3.00. The number of sulfone groups is 1. The second-order valence-electron chi connectivity index (χ2n) is 9.48. The van der Waals surface area contributed by atoms with Crippen molar-refractivity contribution in [3.8, 4) is 28.4 Å². The van der Waals surface area contributed by atoms with Gasteiger partial charge in [0.05, 0.1) is 12.4 Å². The molecule has 1 atom stereocenters. The van der Waals surface area contributed by atoms with Gasteiger partial charge in [-0.25, -0.2) is 8.42 Å². The summed E-state index contributed by atoms with van der Waals surface area (Å²) in [6, 6.07) is 17.7. The summed E-state index contributed by atoms with van der Waals surface area (Å²) in [5.74, 6) is 1.28. The van der Waals surface area contributed by atoms with Gasteiger partial charge in [-0.1, -0.05) is 24.3 Å². The number of carboxylic acid groups (broad SMARTS) is 1. The number of carbonyl (C=O) groups is 1. The molecule has 1 aliphatic rings. The highest BCUT2D eigenvalue weighted by atomic mass is 32.2. The molecule has 7 nitrogen and oxygen atoms in total. The van der Waals surface area contributed by atoms with Crippen molar-refractivity contribution in [3.63, 3.8) is 0 Å². The third kappa shape index (κ3) is 7.04. The van der Waals surface area contributed by atoms with E-state index in [1.165, 1.54) is 6.26 Å². The molecule has 0 amide bonds. The Hall–Kier alpha value is -3.52. The fourth-order valence-corrected chi connectivity index (χ4v) is 5.20. The van der Waals surface area contributed by atoms with Crippen molar-refractivity contribution in [2.75, 3.05) is 25.2 Å². The van der Waals surface area contributed by atoms with Crippen molar-refractivity contribution in [2.24, 2.45) is 0 Å². The first kappa shape index (κ1) is 26.5. The molecule has 4 rings (SSSR count). The lowest BCUT2D eigenvalue weighted by molar-refractivity contribution is -0.136. The van der Waals surface area contributed by atoms with Gasteiger partial charge < -0.3 is 19.3 Å². The van der Waals surface area contributed by atoms with Crippen LogP contribution in [0.4, 0.5) is 0 Å². The van der Waals surface area contributed by atoms with Gasteiger partial charge >= 0.3 is 5.97 Å². The highest BCUT2D eigenvalue weighted by Crippen LogP contribution is 2.39. The van der Waals surface area contributed by atoms with Gasteiger partial charge in [-0.05, 0) is 90.4 Å². The molecule has 0 saturated carbocycles. The molecule has 0 saturated heterocycles. The maximum absolute atomic E-state index is 11.3. The highest BCUT2D eigenvalue weighted by molar-refractivity contribution is 7.90. The zero-order valence-corrected chi connectivity index (χ0v) is 22.1. The molecule has 0 radical (unpaired) electrons. The molecule has 1 unspecified atom stereocenters. The van der Waals surface area contributed by atoms with Crippen LogP contribution in [-0.2, 0) is 21.1 Å². The largest absolute Gasteiger partial charge is 0.494 e. The Labute approximate surface area is 217 Å². The molecule has 1 N–H and O–H groups in total. The van der Waals surface area contributed by atoms with Crippen molar-refractivity contribution in [1.82, 2.24) is 0 Å². The summed E-state index contributed by atoms with van der Waals surface area (Å²) in [7, 11) is -3.00. The Morgan fingerprint density at radius 1 is 1.05 bits per heavy atom. The minimum Gasteiger partial charge on any atom is -0.494 e. The number of hydrogen-bond acceptors (Lipinski definition) is 6. The number of hydrogen-bond donors (Lipinski definition) is 1. The van der Waals surface area contributed by atoms with E-state index in [0.29, 0.717) is 37.6 Å². The standard InChI is InChI=1S/C29H32O7S/c1-19-14-24(34-12-5-13-37(3,32)33)15-20(2)29(19)23-7-4-6-22(17-23)27-18-35-25-10-8-21(9-11-28(30)31)16-26(25)36-27/h4,6-8,10,14-17,27H,5,9,11-13,18H2,1-3H3,(H,30,31). The van der Waals surface area contributed by atoms with E-state index in [1.54, 1.807) is 0 Å². The van der Waals surface area contributed by atoms with Gasteiger partial charge in [0.25, 0.3) is 0 Å². The first-order valence-corrected chi connectivity index (χ1v) is 14.3. The van der Waals surface area contributed by atoms with E-state index in [1.807, 2.05) is 56.3 Å². The van der Waals surface area contributed by atoms with Gasteiger partial charge in [-0.3, -0.25) is 4.79 Å². The topological polar surface area (TPSA) is 99.1 Å². The Bertz CT molecular complexity index is 1370. The fraction of sp³-hybridized carbons (Fsp3) is 0.345. The molecule has 37 heavy (non-hydrogen) atoms. The summed E-state index contributed by atoms with van der Waals surface area (Å²) in [6.07, 6.45) is 1.89. The van der Waals surface area contributed by atoms with Crippen LogP contribution in [-0.4, -0.2) is 44.7 Å². The summed E-state index contributed by atoms with van der Waals surface area (Å²) in [5.41, 5.74) is 6.16. The monoisotopic (exact) mass is 524 g/mol. The second kappa shape index (κ2) is 11.3. The summed E-state index contributed by atoms with van der Waals surface area (Å²) in [6.45, 7) is 4.80. The first-order valence-electron chi connectivity index (χ1n) is 12.3. The van der Waals surface area contributed by atoms with Crippen LogP contribution in [0.15, 0.2) is 54.6 Å². The van der Waals surface area contributed by atoms with Crippen molar-refractivity contribution in [2.45, 2.75) is 39.2 Å². The van der Waals surface area contributed by atoms with Crippen LogP contribution in [0.25, 0.3) is 11.1 Å². The van der Waals surface area contributed by atoms with Crippen LogP contribution in [0.2, 0.25) is 0 Å². The van der Waals surface area contributed by atoms with Gasteiger partial charge in [0.15, 0.2) is 17.6 Å². The van der Waals surface area contributed by atoms with E-state index >= 15 is 0 Å². The number of ether oxygens (including phenoxy) is 3. The molecule has 0 aliphatic carbocycles. The Kier molecular flexibility index (Phi) is 8.07. The van der Waals surface area contributed by atoms with Crippen LogP contribution in [0.5, 0.6) is 17.2 Å². The van der Waals surface area contributed by atoms with Crippen LogP contribution in [0.3, 0.4) is 0 Å². The normalized spacial score (nSPS) is 14.8. The van der Waals surface area contributed by atoms with Crippen LogP contribution >= 0.6 is 0 Å². The van der Waals surface area contributed by atoms with Crippen LogP contribution in [0, 0.1) is 13.8 Å². The first-order chi connectivity index (χ1) is 17.6. The lowest BCUT2D eigenvalue weighted by Crippen LogP contribution is -2.21. The van der Waals surface area contributed by atoms with Gasteiger partial charge in [-0.15, -0.1) is 0 Å². The van der Waals surface area contributed by atoms with Gasteiger partial charge in [-0.2, -0.15) is 0 Å². The quantitative estimate of drug-likeness (QED) is 0.359. The molecule has 1 heterocycles. The number of aryl methyl sites for hydroxylation is 3. The molecule has 0 aromatic heterocycles. The minimum absolute atomic E-state index is 0.0638. The van der Waals surface area contributed by atoms with Gasteiger partial charge in [0.2, 0.25) is 0 Å². The van der Waals surface area contributed by atoms with E-state index in [4.69, 9.17) is 19.3 Å². The third-order valence-corrected chi connectivity index (χ3v) is 7.31. The fourth-order valence-electron chi connectivity index (χ4n) is 4.56. The molecule has 1 aliphatic heterocycles. The average Bonchev–Trinajstić information content (AvgIpc) is 2.84. The lowest BCUT2D eigenvalue weighted by atomic mass is 9.93. The van der Waals surface area contributed by atoms with E-state index < -0.39 is 15.8 Å². The van der Waals surface area contributed by atoms with E-state index in [0.717, 1.165) is 39.1 Å². The number of fused-ring (bicyclic) bond motifs is 1. The molecule has 3 aromatic rings. The van der Waals surface area contributed by atoms with E-state index in [-0.39, 0.29) is 18.3 Å². The Morgan fingerprint density at radius 3 is 2.51 bits per heavy atom. The van der Waals surface area contributed by atoms with Crippen LogP contribution < -0.4 is 14.2 Å². The maximum Gasteiger partial charge on any atom is 0.303 e. The smallest absolute Gasteiger partial charge is 0.303 e. The molecule has 0 fully saturated rings. The van der Waals surface area contributed by atoms with Crippen LogP contribution in [0.1, 0.15) is 41.2 Å². The summed E-state index contributed by atoms with van der Waals surface area (Å²) in [4.78, 5) is 10.9. The predicted octanol–water partition coefficient (Wildman–Crippen LogP) is 5.31. The third-order valence-electron chi connectivity index (χ3n) is 6.28. The number of benzene rings is 3.